The SMILES string of the molecule is CCCCCNS(=O)(=O)c1cc(F)ccc1OC. The van der Waals surface area contributed by atoms with Crippen LogP contribution in [-0.4, -0.2) is 22.1 Å². The summed E-state index contributed by atoms with van der Waals surface area (Å²) in [4.78, 5) is -0.165. The van der Waals surface area contributed by atoms with Crippen LogP contribution in [0.2, 0.25) is 0 Å². The fourth-order valence-electron chi connectivity index (χ4n) is 1.52. The van der Waals surface area contributed by atoms with Gasteiger partial charge in [-0.3, -0.25) is 0 Å². The van der Waals surface area contributed by atoms with Crippen molar-refractivity contribution < 1.29 is 17.5 Å². The molecule has 0 bridgehead atoms. The molecule has 0 aliphatic heterocycles. The lowest BCUT2D eigenvalue weighted by Crippen LogP contribution is -2.25. The van der Waals surface area contributed by atoms with E-state index in [1.807, 2.05) is 6.92 Å². The predicted octanol–water partition coefficient (Wildman–Crippen LogP) is 2.30. The van der Waals surface area contributed by atoms with Crippen molar-refractivity contribution in [1.82, 2.24) is 4.72 Å². The second-order valence-electron chi connectivity index (χ2n) is 3.90. The smallest absolute Gasteiger partial charge is 0.244 e. The Morgan fingerprint density at radius 2 is 2.06 bits per heavy atom. The molecule has 6 heteroatoms. The standard InChI is InChI=1S/C12H18FNO3S/c1-3-4-5-8-14-18(15,16)12-9-10(13)6-7-11(12)17-2/h6-7,9,14H,3-5,8H2,1-2H3. The van der Waals surface area contributed by atoms with E-state index in [1.54, 1.807) is 0 Å². The molecule has 1 rings (SSSR count). The fourth-order valence-corrected chi connectivity index (χ4v) is 2.77. The van der Waals surface area contributed by atoms with Crippen molar-refractivity contribution in [2.75, 3.05) is 13.7 Å². The number of unbranched alkanes of at least 4 members (excludes halogenated alkanes) is 2. The summed E-state index contributed by atoms with van der Waals surface area (Å²) in [6.45, 7) is 2.37. The highest BCUT2D eigenvalue weighted by atomic mass is 32.2. The van der Waals surface area contributed by atoms with Gasteiger partial charge in [0, 0.05) is 6.54 Å². The lowest BCUT2D eigenvalue weighted by atomic mass is 10.3. The summed E-state index contributed by atoms with van der Waals surface area (Å²) in [7, 11) is -2.37. The Hall–Kier alpha value is -1.14. The first-order chi connectivity index (χ1) is 8.51. The Morgan fingerprint density at radius 3 is 2.67 bits per heavy atom. The number of ether oxygens (including phenoxy) is 1. The molecule has 1 aromatic carbocycles. The molecule has 0 aliphatic rings. The van der Waals surface area contributed by atoms with Crippen molar-refractivity contribution in [1.29, 1.82) is 0 Å². The Balaban J connectivity index is 2.87. The molecule has 102 valence electrons. The van der Waals surface area contributed by atoms with Gasteiger partial charge in [-0.15, -0.1) is 0 Å². The number of hydrogen-bond acceptors (Lipinski definition) is 3. The normalized spacial score (nSPS) is 11.5. The maximum absolute atomic E-state index is 13.1. The summed E-state index contributed by atoms with van der Waals surface area (Å²) in [5.41, 5.74) is 0. The zero-order chi connectivity index (χ0) is 13.6. The molecule has 1 aromatic rings. The Bertz CT molecular complexity index is 488. The molecule has 1 N–H and O–H groups in total. The van der Waals surface area contributed by atoms with Crippen molar-refractivity contribution in [2.24, 2.45) is 0 Å². The number of methoxy groups -OCH3 is 1. The second kappa shape index (κ2) is 6.70. The average Bonchev–Trinajstić information content (AvgIpc) is 2.35. The summed E-state index contributed by atoms with van der Waals surface area (Å²) in [5, 5.41) is 0. The number of benzene rings is 1. The zero-order valence-corrected chi connectivity index (χ0v) is 11.4. The average molecular weight is 275 g/mol. The van der Waals surface area contributed by atoms with Crippen LogP contribution in [0.1, 0.15) is 26.2 Å². The Morgan fingerprint density at radius 1 is 1.33 bits per heavy atom. The van der Waals surface area contributed by atoms with Crippen LogP contribution in [-0.2, 0) is 10.0 Å². The first kappa shape index (κ1) is 14.9. The molecule has 4 nitrogen and oxygen atoms in total. The minimum atomic E-state index is -3.72. The molecule has 0 spiro atoms. The highest BCUT2D eigenvalue weighted by molar-refractivity contribution is 7.89. The fraction of sp³-hybridized carbons (Fsp3) is 0.500. The highest BCUT2D eigenvalue weighted by Gasteiger charge is 2.19. The highest BCUT2D eigenvalue weighted by Crippen LogP contribution is 2.24. The lowest BCUT2D eigenvalue weighted by molar-refractivity contribution is 0.400. The zero-order valence-electron chi connectivity index (χ0n) is 10.6. The Kier molecular flexibility index (Phi) is 5.55. The number of nitrogens with one attached hydrogen (secondary N) is 1. The number of sulfonamides is 1. The third-order valence-corrected chi connectivity index (χ3v) is 3.97. The van der Waals surface area contributed by atoms with Gasteiger partial charge in [0.05, 0.1) is 7.11 Å². The topological polar surface area (TPSA) is 55.4 Å². The van der Waals surface area contributed by atoms with Crippen molar-refractivity contribution in [3.63, 3.8) is 0 Å². The molecule has 0 radical (unpaired) electrons. The number of hydrogen-bond donors (Lipinski definition) is 1. The molecule has 0 saturated carbocycles. The van der Waals surface area contributed by atoms with Crippen molar-refractivity contribution >= 4 is 10.0 Å². The van der Waals surface area contributed by atoms with E-state index in [0.29, 0.717) is 6.54 Å². The molecular weight excluding hydrogens is 257 g/mol. The minimum Gasteiger partial charge on any atom is -0.495 e. The van der Waals surface area contributed by atoms with Gasteiger partial charge in [-0.25, -0.2) is 17.5 Å². The quantitative estimate of drug-likeness (QED) is 0.777. The van der Waals surface area contributed by atoms with E-state index in [-0.39, 0.29) is 10.6 Å². The van der Waals surface area contributed by atoms with E-state index in [9.17, 15) is 12.8 Å². The van der Waals surface area contributed by atoms with Crippen molar-refractivity contribution in [3.8, 4) is 5.75 Å². The van der Waals surface area contributed by atoms with Crippen molar-refractivity contribution in [2.45, 2.75) is 31.1 Å². The van der Waals surface area contributed by atoms with Crippen molar-refractivity contribution in [3.05, 3.63) is 24.0 Å². The van der Waals surface area contributed by atoms with Crippen LogP contribution in [0, 0.1) is 5.82 Å². The number of halogens is 1. The van der Waals surface area contributed by atoms with E-state index >= 15 is 0 Å². The van der Waals surface area contributed by atoms with Gasteiger partial charge >= 0.3 is 0 Å². The van der Waals surface area contributed by atoms with E-state index in [2.05, 4.69) is 4.72 Å². The first-order valence-electron chi connectivity index (χ1n) is 5.84. The molecule has 0 aliphatic carbocycles. The van der Waals surface area contributed by atoms with Crippen LogP contribution in [0.15, 0.2) is 23.1 Å². The predicted molar refractivity (Wildman–Crippen MR) is 67.7 cm³/mol. The summed E-state index contributed by atoms with van der Waals surface area (Å²) in [5.74, 6) is -0.468. The summed E-state index contributed by atoms with van der Waals surface area (Å²) >= 11 is 0. The molecule has 0 unspecified atom stereocenters. The van der Waals surface area contributed by atoms with Gasteiger partial charge < -0.3 is 4.74 Å². The van der Waals surface area contributed by atoms with Crippen LogP contribution >= 0.6 is 0 Å². The van der Waals surface area contributed by atoms with Crippen LogP contribution in [0.5, 0.6) is 5.75 Å². The third-order valence-electron chi connectivity index (χ3n) is 2.49. The van der Waals surface area contributed by atoms with Gasteiger partial charge in [0.25, 0.3) is 0 Å². The molecule has 0 saturated heterocycles. The molecular formula is C12H18FNO3S. The van der Waals surface area contributed by atoms with E-state index in [4.69, 9.17) is 4.74 Å². The van der Waals surface area contributed by atoms with Gasteiger partial charge in [0.15, 0.2) is 0 Å². The van der Waals surface area contributed by atoms with E-state index in [0.717, 1.165) is 31.4 Å². The molecule has 0 atom stereocenters. The largest absolute Gasteiger partial charge is 0.495 e. The maximum atomic E-state index is 13.1. The van der Waals surface area contributed by atoms with Gasteiger partial charge in [0.2, 0.25) is 10.0 Å². The summed E-state index contributed by atoms with van der Waals surface area (Å²) in [6, 6.07) is 3.42. The van der Waals surface area contributed by atoms with E-state index in [1.165, 1.54) is 13.2 Å². The third kappa shape index (κ3) is 3.96. The molecule has 0 amide bonds. The molecule has 0 aromatic heterocycles. The summed E-state index contributed by atoms with van der Waals surface area (Å²) in [6.07, 6.45) is 2.71. The molecule has 0 heterocycles. The lowest BCUT2D eigenvalue weighted by Gasteiger charge is -2.10. The second-order valence-corrected chi connectivity index (χ2v) is 5.64. The van der Waals surface area contributed by atoms with Crippen LogP contribution in [0.4, 0.5) is 4.39 Å². The first-order valence-corrected chi connectivity index (χ1v) is 7.32. The van der Waals surface area contributed by atoms with Crippen LogP contribution in [0.3, 0.4) is 0 Å². The number of rotatable bonds is 7. The molecule has 18 heavy (non-hydrogen) atoms. The van der Waals surface area contributed by atoms with E-state index < -0.39 is 15.8 Å². The van der Waals surface area contributed by atoms with Gasteiger partial charge in [0.1, 0.15) is 16.5 Å². The maximum Gasteiger partial charge on any atom is 0.244 e. The minimum absolute atomic E-state index is 0.138. The van der Waals surface area contributed by atoms with Gasteiger partial charge in [-0.05, 0) is 24.6 Å². The van der Waals surface area contributed by atoms with Gasteiger partial charge in [-0.1, -0.05) is 19.8 Å². The summed E-state index contributed by atoms with van der Waals surface area (Å²) < 4.78 is 44.4. The van der Waals surface area contributed by atoms with Gasteiger partial charge in [-0.2, -0.15) is 0 Å². The van der Waals surface area contributed by atoms with Crippen LogP contribution < -0.4 is 9.46 Å². The Labute approximate surface area is 107 Å². The molecule has 0 fully saturated rings. The monoisotopic (exact) mass is 275 g/mol. The van der Waals surface area contributed by atoms with Crippen LogP contribution in [0.25, 0.3) is 0 Å².